The van der Waals surface area contributed by atoms with E-state index in [-0.39, 0.29) is 18.4 Å². The van der Waals surface area contributed by atoms with Crippen LogP contribution < -0.4 is 10.1 Å². The molecule has 1 aromatic rings. The Balaban J connectivity index is 1.72. The van der Waals surface area contributed by atoms with Crippen molar-refractivity contribution in [2.75, 3.05) is 46.4 Å². The Morgan fingerprint density at radius 2 is 1.85 bits per heavy atom. The maximum Gasteiger partial charge on any atom is 0.244 e. The van der Waals surface area contributed by atoms with E-state index in [4.69, 9.17) is 4.74 Å². The fraction of sp³-hybridized carbons (Fsp3) is 0.500. The number of nitrogens with one attached hydrogen (secondary N) is 1. The predicted molar refractivity (Wildman–Crippen MR) is 103 cm³/mol. The van der Waals surface area contributed by atoms with Crippen molar-refractivity contribution in [1.29, 1.82) is 0 Å². The van der Waals surface area contributed by atoms with Crippen LogP contribution >= 0.6 is 0 Å². The van der Waals surface area contributed by atoms with Gasteiger partial charge in [0.05, 0.1) is 13.2 Å². The third-order valence-corrected chi connectivity index (χ3v) is 4.34. The topological polar surface area (TPSA) is 61.9 Å². The highest BCUT2D eigenvalue weighted by Gasteiger charge is 2.18. The highest BCUT2D eigenvalue weighted by molar-refractivity contribution is 5.94. The lowest BCUT2D eigenvalue weighted by Crippen LogP contribution is -2.49. The summed E-state index contributed by atoms with van der Waals surface area (Å²) in [6.07, 6.45) is 5.32. The summed E-state index contributed by atoms with van der Waals surface area (Å²) in [5.74, 6) is 0.530. The molecule has 0 spiro atoms. The quantitative estimate of drug-likeness (QED) is 0.568. The zero-order valence-corrected chi connectivity index (χ0v) is 15.7. The lowest BCUT2D eigenvalue weighted by Gasteiger charge is -2.32. The smallest absolute Gasteiger partial charge is 0.244 e. The van der Waals surface area contributed by atoms with E-state index in [1.165, 1.54) is 6.08 Å². The van der Waals surface area contributed by atoms with Gasteiger partial charge in [0.25, 0.3) is 0 Å². The first kappa shape index (κ1) is 20.0. The highest BCUT2D eigenvalue weighted by atomic mass is 16.5. The molecule has 0 radical (unpaired) electrons. The van der Waals surface area contributed by atoms with E-state index in [1.807, 2.05) is 31.3 Å². The average Bonchev–Trinajstić information content (AvgIpc) is 2.66. The van der Waals surface area contributed by atoms with Gasteiger partial charge in [-0.1, -0.05) is 25.5 Å². The van der Waals surface area contributed by atoms with Crippen LogP contribution in [0.4, 0.5) is 0 Å². The number of amides is 2. The molecule has 0 atom stereocenters. The molecule has 6 nitrogen and oxygen atoms in total. The number of unbranched alkanes of at least 4 members (excludes halogenated alkanes) is 1. The Kier molecular flexibility index (Phi) is 8.15. The van der Waals surface area contributed by atoms with Crippen LogP contribution in [-0.4, -0.2) is 68.0 Å². The van der Waals surface area contributed by atoms with Crippen molar-refractivity contribution in [3.05, 3.63) is 35.9 Å². The number of piperazine rings is 1. The van der Waals surface area contributed by atoms with E-state index in [0.717, 1.165) is 43.9 Å². The fourth-order valence-electron chi connectivity index (χ4n) is 2.57. The molecule has 26 heavy (non-hydrogen) atoms. The minimum atomic E-state index is -0.268. The summed E-state index contributed by atoms with van der Waals surface area (Å²) in [7, 11) is 2.04. The average molecular weight is 359 g/mol. The molecule has 0 aromatic heterocycles. The lowest BCUT2D eigenvalue weighted by molar-refractivity contribution is -0.133. The summed E-state index contributed by atoms with van der Waals surface area (Å²) in [5, 5.41) is 2.65. The number of nitrogens with zero attached hydrogens (tertiary/aromatic N) is 2. The second kappa shape index (κ2) is 10.6. The first-order valence-corrected chi connectivity index (χ1v) is 9.23. The summed E-state index contributed by atoms with van der Waals surface area (Å²) in [5.41, 5.74) is 0.911. The van der Waals surface area contributed by atoms with Crippen LogP contribution in [0.1, 0.15) is 25.3 Å². The van der Waals surface area contributed by atoms with Crippen LogP contribution in [0.5, 0.6) is 5.75 Å². The normalized spacial score (nSPS) is 15.2. The summed E-state index contributed by atoms with van der Waals surface area (Å²) in [6.45, 7) is 6.06. The molecular weight excluding hydrogens is 330 g/mol. The number of hydrogen-bond donors (Lipinski definition) is 1. The zero-order valence-electron chi connectivity index (χ0n) is 15.7. The number of carbonyl (C=O) groups is 2. The van der Waals surface area contributed by atoms with Gasteiger partial charge in [0.1, 0.15) is 5.75 Å². The van der Waals surface area contributed by atoms with Crippen LogP contribution in [-0.2, 0) is 9.59 Å². The van der Waals surface area contributed by atoms with Crippen molar-refractivity contribution >= 4 is 17.9 Å². The number of carbonyl (C=O) groups excluding carboxylic acids is 2. The number of rotatable bonds is 8. The molecule has 1 heterocycles. The van der Waals surface area contributed by atoms with Gasteiger partial charge in [0.2, 0.25) is 11.8 Å². The molecule has 2 amide bonds. The van der Waals surface area contributed by atoms with Gasteiger partial charge in [0.15, 0.2) is 0 Å². The molecule has 142 valence electrons. The highest BCUT2D eigenvalue weighted by Crippen LogP contribution is 2.13. The maximum atomic E-state index is 12.1. The summed E-state index contributed by atoms with van der Waals surface area (Å²) >= 11 is 0. The van der Waals surface area contributed by atoms with Gasteiger partial charge in [-0.05, 0) is 37.2 Å². The molecule has 1 aliphatic heterocycles. The molecule has 0 aliphatic carbocycles. The van der Waals surface area contributed by atoms with Gasteiger partial charge in [-0.3, -0.25) is 9.59 Å². The van der Waals surface area contributed by atoms with Gasteiger partial charge in [-0.25, -0.2) is 0 Å². The van der Waals surface area contributed by atoms with Gasteiger partial charge in [0, 0.05) is 32.3 Å². The van der Waals surface area contributed by atoms with Crippen LogP contribution in [0.3, 0.4) is 0 Å². The van der Waals surface area contributed by atoms with Crippen molar-refractivity contribution in [1.82, 2.24) is 15.1 Å². The first-order valence-electron chi connectivity index (χ1n) is 9.23. The van der Waals surface area contributed by atoms with Gasteiger partial charge < -0.3 is 19.9 Å². The van der Waals surface area contributed by atoms with E-state index < -0.39 is 0 Å². The molecular formula is C20H29N3O3. The van der Waals surface area contributed by atoms with E-state index in [9.17, 15) is 9.59 Å². The van der Waals surface area contributed by atoms with Gasteiger partial charge >= 0.3 is 0 Å². The second-order valence-electron chi connectivity index (χ2n) is 6.51. The van der Waals surface area contributed by atoms with Crippen molar-refractivity contribution in [2.45, 2.75) is 19.8 Å². The third-order valence-electron chi connectivity index (χ3n) is 4.34. The first-order chi connectivity index (χ1) is 12.6. The molecule has 0 bridgehead atoms. The van der Waals surface area contributed by atoms with Crippen molar-refractivity contribution < 1.29 is 14.3 Å². The monoisotopic (exact) mass is 359 g/mol. The molecule has 6 heteroatoms. The summed E-state index contributed by atoms with van der Waals surface area (Å²) < 4.78 is 5.61. The standard InChI is InChI=1S/C20H29N3O3/c1-3-4-15-26-18-8-5-17(6-9-18)7-10-19(24)21-16-20(25)23-13-11-22(2)12-14-23/h5-10H,3-4,11-16H2,1-2H3,(H,21,24)/b10-7+. The fourth-order valence-corrected chi connectivity index (χ4v) is 2.57. The molecule has 1 N–H and O–H groups in total. The molecule has 0 saturated carbocycles. The third kappa shape index (κ3) is 6.88. The molecule has 1 saturated heterocycles. The number of benzene rings is 1. The SMILES string of the molecule is CCCCOc1ccc(/C=C/C(=O)NCC(=O)N2CCN(C)CC2)cc1. The number of likely N-dealkylation sites (N-methyl/N-ethyl adjacent to an activating group) is 1. The van der Waals surface area contributed by atoms with E-state index in [0.29, 0.717) is 13.1 Å². The van der Waals surface area contributed by atoms with E-state index in [1.54, 1.807) is 11.0 Å². The minimum absolute atomic E-state index is 0.0339. The van der Waals surface area contributed by atoms with E-state index in [2.05, 4.69) is 17.1 Å². The Morgan fingerprint density at radius 1 is 1.15 bits per heavy atom. The Morgan fingerprint density at radius 3 is 2.50 bits per heavy atom. The van der Waals surface area contributed by atoms with Crippen molar-refractivity contribution in [3.63, 3.8) is 0 Å². The maximum absolute atomic E-state index is 12.1. The Bertz CT molecular complexity index is 605. The Labute approximate surface area is 155 Å². The molecule has 1 aromatic carbocycles. The number of hydrogen-bond acceptors (Lipinski definition) is 4. The molecule has 1 fully saturated rings. The largest absolute Gasteiger partial charge is 0.494 e. The predicted octanol–water partition coefficient (Wildman–Crippen LogP) is 1.77. The molecule has 2 rings (SSSR count). The second-order valence-corrected chi connectivity index (χ2v) is 6.51. The van der Waals surface area contributed by atoms with Crippen LogP contribution in [0.2, 0.25) is 0 Å². The van der Waals surface area contributed by atoms with Crippen molar-refractivity contribution in [3.8, 4) is 5.75 Å². The van der Waals surface area contributed by atoms with E-state index >= 15 is 0 Å². The van der Waals surface area contributed by atoms with Crippen LogP contribution in [0.15, 0.2) is 30.3 Å². The molecule has 0 unspecified atom stereocenters. The summed E-state index contributed by atoms with van der Waals surface area (Å²) in [6, 6.07) is 7.59. The van der Waals surface area contributed by atoms with Crippen LogP contribution in [0, 0.1) is 0 Å². The lowest BCUT2D eigenvalue weighted by atomic mass is 10.2. The number of ether oxygens (including phenoxy) is 1. The van der Waals surface area contributed by atoms with Crippen LogP contribution in [0.25, 0.3) is 6.08 Å². The molecule has 1 aliphatic rings. The minimum Gasteiger partial charge on any atom is -0.494 e. The van der Waals surface area contributed by atoms with Gasteiger partial charge in [-0.15, -0.1) is 0 Å². The van der Waals surface area contributed by atoms with Gasteiger partial charge in [-0.2, -0.15) is 0 Å². The summed E-state index contributed by atoms with van der Waals surface area (Å²) in [4.78, 5) is 28.0. The Hall–Kier alpha value is -2.34. The van der Waals surface area contributed by atoms with Crippen molar-refractivity contribution in [2.24, 2.45) is 0 Å². The zero-order chi connectivity index (χ0) is 18.8.